The van der Waals surface area contributed by atoms with Crippen LogP contribution in [-0.4, -0.2) is 49.4 Å². The normalized spacial score (nSPS) is 13.8. The van der Waals surface area contributed by atoms with Crippen molar-refractivity contribution in [2.75, 3.05) is 31.9 Å². The van der Waals surface area contributed by atoms with E-state index < -0.39 is 10.1 Å². The van der Waals surface area contributed by atoms with Gasteiger partial charge in [-0.1, -0.05) is 101 Å². The van der Waals surface area contributed by atoms with E-state index in [1.807, 2.05) is 6.07 Å². The number of nitrogens with zero attached hydrogens (tertiary/aromatic N) is 1. The molecule has 0 fully saturated rings. The van der Waals surface area contributed by atoms with E-state index in [0.717, 1.165) is 43.4 Å². The lowest BCUT2D eigenvalue weighted by atomic mass is 10.0. The van der Waals surface area contributed by atoms with E-state index in [4.69, 9.17) is 0 Å². The minimum Gasteiger partial charge on any atom is -0.323 e. The van der Waals surface area contributed by atoms with E-state index in [-0.39, 0.29) is 5.75 Å². The van der Waals surface area contributed by atoms with Crippen LogP contribution in [0.5, 0.6) is 0 Å². The van der Waals surface area contributed by atoms with Crippen molar-refractivity contribution < 1.29 is 17.5 Å². The van der Waals surface area contributed by atoms with Crippen molar-refractivity contribution in [1.82, 2.24) is 0 Å². The second kappa shape index (κ2) is 17.6. The molecule has 5 heteroatoms. The minimum absolute atomic E-state index is 0.134. The van der Waals surface area contributed by atoms with E-state index in [2.05, 4.69) is 38.1 Å². The van der Waals surface area contributed by atoms with Gasteiger partial charge in [-0.3, -0.25) is 4.55 Å². The second-order valence-electron chi connectivity index (χ2n) is 9.59. The summed E-state index contributed by atoms with van der Waals surface area (Å²) < 4.78 is 32.9. The van der Waals surface area contributed by atoms with Crippen molar-refractivity contribution in [3.8, 4) is 0 Å². The van der Waals surface area contributed by atoms with Gasteiger partial charge in [0, 0.05) is 6.42 Å². The molecule has 0 aliphatic rings. The lowest BCUT2D eigenvalue weighted by Gasteiger charge is -2.38. The topological polar surface area (TPSA) is 54.4 Å². The van der Waals surface area contributed by atoms with Crippen LogP contribution in [0.1, 0.15) is 103 Å². The highest BCUT2D eigenvalue weighted by Gasteiger charge is 2.26. The third-order valence-corrected chi connectivity index (χ3v) is 7.62. The number of quaternary nitrogens is 1. The molecule has 1 aromatic carbocycles. The Bertz CT molecular complexity index is 663. The fourth-order valence-corrected chi connectivity index (χ4v) is 5.29. The van der Waals surface area contributed by atoms with Crippen molar-refractivity contribution in [3.63, 3.8) is 0 Å². The zero-order valence-electron chi connectivity index (χ0n) is 20.9. The number of hydrogen-bond donors (Lipinski definition) is 1. The van der Waals surface area contributed by atoms with Gasteiger partial charge in [0.1, 0.15) is 5.75 Å². The van der Waals surface area contributed by atoms with Gasteiger partial charge in [-0.2, -0.15) is 8.42 Å². The molecule has 1 aromatic rings. The minimum atomic E-state index is -3.92. The molecule has 1 unspecified atom stereocenters. The van der Waals surface area contributed by atoms with Gasteiger partial charge in [-0.25, -0.2) is 0 Å². The highest BCUT2D eigenvalue weighted by atomic mass is 32.2. The number of aryl methyl sites for hydroxylation is 1. The van der Waals surface area contributed by atoms with Crippen molar-refractivity contribution >= 4 is 10.1 Å². The Morgan fingerprint density at radius 2 is 1.19 bits per heavy atom. The van der Waals surface area contributed by atoms with E-state index >= 15 is 0 Å². The first-order chi connectivity index (χ1) is 15.4. The molecule has 32 heavy (non-hydrogen) atoms. The lowest BCUT2D eigenvalue weighted by Crippen LogP contribution is -2.51. The van der Waals surface area contributed by atoms with Crippen LogP contribution in [0, 0.1) is 0 Å². The van der Waals surface area contributed by atoms with Crippen LogP contribution in [0.4, 0.5) is 0 Å². The van der Waals surface area contributed by atoms with E-state index in [0.29, 0.717) is 6.54 Å². The van der Waals surface area contributed by atoms with E-state index in [1.165, 1.54) is 76.2 Å². The van der Waals surface area contributed by atoms with Crippen LogP contribution in [0.25, 0.3) is 0 Å². The predicted molar refractivity (Wildman–Crippen MR) is 138 cm³/mol. The second-order valence-corrected chi connectivity index (χ2v) is 11.2. The molecule has 1 N–H and O–H groups in total. The standard InChI is InChI=1S/C27H49NO3S/c1-3-5-6-7-8-9-10-11-12-13-14-18-23-28(4-2,25-26-32(29,30)31)24-19-22-27-20-16-15-17-21-27/h15-17,20-21H,3-14,18-19,22-26H2,1-2H3/p+1. The smallest absolute Gasteiger partial charge is 0.270 e. The third-order valence-electron chi connectivity index (χ3n) is 6.92. The summed E-state index contributed by atoms with van der Waals surface area (Å²) in [6, 6.07) is 10.5. The maximum atomic E-state index is 11.4. The fourth-order valence-electron chi connectivity index (χ4n) is 4.67. The van der Waals surface area contributed by atoms with Gasteiger partial charge >= 0.3 is 0 Å². The average molecular weight is 469 g/mol. The molecule has 0 heterocycles. The number of benzene rings is 1. The molecule has 186 valence electrons. The molecule has 0 radical (unpaired) electrons. The average Bonchev–Trinajstić information content (AvgIpc) is 2.78. The summed E-state index contributed by atoms with van der Waals surface area (Å²) in [6.45, 7) is 7.84. The Morgan fingerprint density at radius 1 is 0.688 bits per heavy atom. The van der Waals surface area contributed by atoms with Crippen LogP contribution in [0.15, 0.2) is 30.3 Å². The summed E-state index contributed by atoms with van der Waals surface area (Å²) in [5.41, 5.74) is 1.34. The molecule has 0 saturated heterocycles. The molecule has 0 bridgehead atoms. The molecule has 0 spiro atoms. The molecule has 0 saturated carbocycles. The molecule has 0 aromatic heterocycles. The molecule has 0 aliphatic carbocycles. The van der Waals surface area contributed by atoms with Crippen LogP contribution < -0.4 is 0 Å². The summed E-state index contributed by atoms with van der Waals surface area (Å²) in [7, 11) is -3.92. The van der Waals surface area contributed by atoms with Crippen molar-refractivity contribution in [2.45, 2.75) is 104 Å². The Labute approximate surface area is 199 Å². The Balaban J connectivity index is 2.32. The maximum Gasteiger partial charge on any atom is 0.270 e. The molecular formula is C27H50NO3S+. The molecule has 4 nitrogen and oxygen atoms in total. The molecule has 0 amide bonds. The molecule has 1 rings (SSSR count). The van der Waals surface area contributed by atoms with Crippen LogP contribution in [-0.2, 0) is 16.5 Å². The summed E-state index contributed by atoms with van der Waals surface area (Å²) in [5.74, 6) is -0.134. The number of rotatable bonds is 21. The van der Waals surface area contributed by atoms with Gasteiger partial charge in [0.15, 0.2) is 0 Å². The first-order valence-electron chi connectivity index (χ1n) is 13.2. The highest BCUT2D eigenvalue weighted by molar-refractivity contribution is 7.85. The number of hydrogen-bond acceptors (Lipinski definition) is 2. The molecular weight excluding hydrogens is 418 g/mol. The quantitative estimate of drug-likeness (QED) is 0.119. The SMILES string of the molecule is CCCCCCCCCCCCCC[N+](CC)(CCCc1ccccc1)CCS(=O)(=O)O. The summed E-state index contributed by atoms with van der Waals surface area (Å²) in [4.78, 5) is 0. The summed E-state index contributed by atoms with van der Waals surface area (Å²) >= 11 is 0. The van der Waals surface area contributed by atoms with Crippen LogP contribution in [0.2, 0.25) is 0 Å². The van der Waals surface area contributed by atoms with E-state index in [1.54, 1.807) is 0 Å². The Kier molecular flexibility index (Phi) is 16.0. The van der Waals surface area contributed by atoms with Gasteiger partial charge in [0.2, 0.25) is 0 Å². The Morgan fingerprint density at radius 3 is 1.69 bits per heavy atom. The summed E-state index contributed by atoms with van der Waals surface area (Å²) in [6.07, 6.45) is 18.0. The number of unbranched alkanes of at least 4 members (excludes halogenated alkanes) is 11. The lowest BCUT2D eigenvalue weighted by molar-refractivity contribution is -0.924. The molecule has 1 atom stereocenters. The van der Waals surface area contributed by atoms with Gasteiger partial charge < -0.3 is 4.48 Å². The van der Waals surface area contributed by atoms with Crippen molar-refractivity contribution in [1.29, 1.82) is 0 Å². The van der Waals surface area contributed by atoms with Gasteiger partial charge in [0.05, 0.1) is 26.2 Å². The maximum absolute atomic E-state index is 11.4. The summed E-state index contributed by atoms with van der Waals surface area (Å²) in [5, 5.41) is 0. The molecule has 0 aliphatic heterocycles. The van der Waals surface area contributed by atoms with Gasteiger partial charge in [-0.05, 0) is 31.7 Å². The first kappa shape index (κ1) is 29.1. The van der Waals surface area contributed by atoms with Crippen LogP contribution >= 0.6 is 0 Å². The predicted octanol–water partition coefficient (Wildman–Crippen LogP) is 7.04. The third kappa shape index (κ3) is 15.0. The van der Waals surface area contributed by atoms with Gasteiger partial charge in [-0.15, -0.1) is 0 Å². The fraction of sp³-hybridized carbons (Fsp3) is 0.778. The van der Waals surface area contributed by atoms with Crippen molar-refractivity contribution in [3.05, 3.63) is 35.9 Å². The van der Waals surface area contributed by atoms with Crippen molar-refractivity contribution in [2.24, 2.45) is 0 Å². The Hall–Kier alpha value is -0.910. The van der Waals surface area contributed by atoms with Crippen LogP contribution in [0.3, 0.4) is 0 Å². The zero-order valence-corrected chi connectivity index (χ0v) is 21.8. The monoisotopic (exact) mass is 468 g/mol. The zero-order chi connectivity index (χ0) is 23.5. The highest BCUT2D eigenvalue weighted by Crippen LogP contribution is 2.16. The van der Waals surface area contributed by atoms with E-state index in [9.17, 15) is 13.0 Å². The first-order valence-corrected chi connectivity index (χ1v) is 14.9. The van der Waals surface area contributed by atoms with Gasteiger partial charge in [0.25, 0.3) is 10.1 Å². The largest absolute Gasteiger partial charge is 0.323 e.